The Morgan fingerprint density at radius 2 is 1.81 bits per heavy atom. The van der Waals surface area contributed by atoms with E-state index in [1.165, 1.54) is 12.8 Å². The Bertz CT molecular complexity index is 262. The summed E-state index contributed by atoms with van der Waals surface area (Å²) < 4.78 is 0. The molecule has 2 aliphatic heterocycles. The smallest absolute Gasteiger partial charge is 0.228 e. The van der Waals surface area contributed by atoms with Gasteiger partial charge in [0.15, 0.2) is 0 Å². The number of fused-ring (bicyclic) bond motifs is 2. The molecule has 3 nitrogen and oxygen atoms in total. The van der Waals surface area contributed by atoms with E-state index in [0.717, 1.165) is 19.5 Å². The maximum absolute atomic E-state index is 12.1. The molecule has 2 aliphatic rings. The Kier molecular flexibility index (Phi) is 4.24. The van der Waals surface area contributed by atoms with Crippen LogP contribution in [0, 0.1) is 5.41 Å². The number of nitrogens with zero attached hydrogens (tertiary/aromatic N) is 1. The van der Waals surface area contributed by atoms with E-state index in [9.17, 15) is 4.79 Å². The summed E-state index contributed by atoms with van der Waals surface area (Å²) in [5.74, 6) is 0.303. The molecule has 0 aromatic carbocycles. The number of carbonyl (C=O) groups is 1. The summed E-state index contributed by atoms with van der Waals surface area (Å²) in [6, 6.07) is 1.21. The normalized spacial score (nSPS) is 29.6. The van der Waals surface area contributed by atoms with Crippen LogP contribution >= 0.6 is 12.4 Å². The summed E-state index contributed by atoms with van der Waals surface area (Å²) >= 11 is 0. The van der Waals surface area contributed by atoms with Crippen LogP contribution in [0.1, 0.15) is 40.0 Å². The maximum Gasteiger partial charge on any atom is 0.228 e. The fourth-order valence-electron chi connectivity index (χ4n) is 2.60. The van der Waals surface area contributed by atoms with Gasteiger partial charge in [-0.15, -0.1) is 12.4 Å². The van der Waals surface area contributed by atoms with Gasteiger partial charge in [-0.1, -0.05) is 20.8 Å². The molecule has 2 saturated heterocycles. The van der Waals surface area contributed by atoms with Crippen molar-refractivity contribution < 1.29 is 4.79 Å². The van der Waals surface area contributed by atoms with Crippen LogP contribution in [0.15, 0.2) is 0 Å². The van der Waals surface area contributed by atoms with Gasteiger partial charge in [0.1, 0.15) is 0 Å². The van der Waals surface area contributed by atoms with Crippen molar-refractivity contribution in [2.24, 2.45) is 5.41 Å². The number of carbonyl (C=O) groups excluding carboxylic acids is 1. The van der Waals surface area contributed by atoms with Crippen molar-refractivity contribution >= 4 is 18.3 Å². The second-order valence-corrected chi connectivity index (χ2v) is 5.93. The molecule has 16 heavy (non-hydrogen) atoms. The Labute approximate surface area is 104 Å². The van der Waals surface area contributed by atoms with Gasteiger partial charge < -0.3 is 10.2 Å². The third kappa shape index (κ3) is 2.89. The number of rotatable bonds is 0. The average molecular weight is 247 g/mol. The highest BCUT2D eigenvalue weighted by Gasteiger charge is 2.34. The summed E-state index contributed by atoms with van der Waals surface area (Å²) in [5, 5.41) is 3.60. The van der Waals surface area contributed by atoms with Crippen LogP contribution in [0.4, 0.5) is 0 Å². The highest BCUT2D eigenvalue weighted by Crippen LogP contribution is 2.24. The molecule has 94 valence electrons. The van der Waals surface area contributed by atoms with E-state index in [1.54, 1.807) is 0 Å². The fraction of sp³-hybridized carbons (Fsp3) is 0.917. The molecule has 2 heterocycles. The lowest BCUT2D eigenvalue weighted by Gasteiger charge is -2.30. The number of amides is 1. The molecular formula is C12H23ClN2O. The SMILES string of the molecule is CC(C)(C)C(=O)N1CCC2CCC(C1)N2.Cl. The molecule has 2 fully saturated rings. The molecule has 2 bridgehead atoms. The van der Waals surface area contributed by atoms with Crippen molar-refractivity contribution in [1.29, 1.82) is 0 Å². The molecule has 0 aromatic rings. The first-order valence-corrected chi connectivity index (χ1v) is 6.02. The fourth-order valence-corrected chi connectivity index (χ4v) is 2.60. The zero-order valence-electron chi connectivity index (χ0n) is 10.5. The monoisotopic (exact) mass is 246 g/mol. The van der Waals surface area contributed by atoms with Gasteiger partial charge in [0.25, 0.3) is 0 Å². The standard InChI is InChI=1S/C12H22N2O.ClH/c1-12(2,3)11(15)14-7-6-9-4-5-10(8-14)13-9;/h9-10,13H,4-8H2,1-3H3;1H. The number of likely N-dealkylation sites (tertiary alicyclic amines) is 1. The van der Waals surface area contributed by atoms with Gasteiger partial charge in [0.05, 0.1) is 0 Å². The van der Waals surface area contributed by atoms with Gasteiger partial charge in [-0.25, -0.2) is 0 Å². The highest BCUT2D eigenvalue weighted by atomic mass is 35.5. The first-order chi connectivity index (χ1) is 6.97. The second-order valence-electron chi connectivity index (χ2n) is 5.93. The molecule has 4 heteroatoms. The Morgan fingerprint density at radius 3 is 2.44 bits per heavy atom. The summed E-state index contributed by atoms with van der Waals surface area (Å²) in [5.41, 5.74) is -0.233. The van der Waals surface area contributed by atoms with Crippen LogP contribution < -0.4 is 5.32 Å². The number of hydrogen-bond acceptors (Lipinski definition) is 2. The van der Waals surface area contributed by atoms with Crippen LogP contribution in [0.25, 0.3) is 0 Å². The predicted octanol–water partition coefficient (Wildman–Crippen LogP) is 1.81. The van der Waals surface area contributed by atoms with E-state index in [2.05, 4.69) is 10.2 Å². The van der Waals surface area contributed by atoms with E-state index in [1.807, 2.05) is 20.8 Å². The van der Waals surface area contributed by atoms with E-state index < -0.39 is 0 Å². The molecule has 1 amide bonds. The largest absolute Gasteiger partial charge is 0.341 e. The first-order valence-electron chi connectivity index (χ1n) is 6.02. The molecule has 2 unspecified atom stereocenters. The van der Waals surface area contributed by atoms with Crippen LogP contribution in [-0.2, 0) is 4.79 Å². The maximum atomic E-state index is 12.1. The Morgan fingerprint density at radius 1 is 1.19 bits per heavy atom. The molecule has 0 saturated carbocycles. The number of halogens is 1. The van der Waals surface area contributed by atoms with Crippen LogP contribution in [0.2, 0.25) is 0 Å². The lowest BCUT2D eigenvalue weighted by molar-refractivity contribution is -0.139. The molecule has 0 aliphatic carbocycles. The van der Waals surface area contributed by atoms with E-state index in [-0.39, 0.29) is 17.8 Å². The van der Waals surface area contributed by atoms with Crippen molar-refractivity contribution in [3.63, 3.8) is 0 Å². The first kappa shape index (κ1) is 13.8. The number of hydrogen-bond donors (Lipinski definition) is 1. The van der Waals surface area contributed by atoms with Gasteiger partial charge in [-0.2, -0.15) is 0 Å². The summed E-state index contributed by atoms with van der Waals surface area (Å²) in [7, 11) is 0. The van der Waals surface area contributed by atoms with Gasteiger partial charge in [0, 0.05) is 30.6 Å². The molecule has 2 rings (SSSR count). The summed E-state index contributed by atoms with van der Waals surface area (Å²) in [6.45, 7) is 7.86. The highest BCUT2D eigenvalue weighted by molar-refractivity contribution is 5.85. The van der Waals surface area contributed by atoms with E-state index >= 15 is 0 Å². The number of nitrogens with one attached hydrogen (secondary N) is 1. The average Bonchev–Trinajstić information content (AvgIpc) is 2.43. The zero-order chi connectivity index (χ0) is 11.1. The van der Waals surface area contributed by atoms with Gasteiger partial charge in [0.2, 0.25) is 5.91 Å². The topological polar surface area (TPSA) is 32.3 Å². The van der Waals surface area contributed by atoms with E-state index in [4.69, 9.17) is 0 Å². The Hall–Kier alpha value is -0.280. The third-order valence-corrected chi connectivity index (χ3v) is 3.45. The quantitative estimate of drug-likeness (QED) is 0.707. The molecule has 0 radical (unpaired) electrons. The van der Waals surface area contributed by atoms with Crippen LogP contribution in [0.5, 0.6) is 0 Å². The summed E-state index contributed by atoms with van der Waals surface area (Å²) in [6.07, 6.45) is 3.65. The lowest BCUT2D eigenvalue weighted by atomic mass is 9.94. The van der Waals surface area contributed by atoms with Crippen molar-refractivity contribution in [1.82, 2.24) is 10.2 Å². The minimum absolute atomic E-state index is 0. The minimum Gasteiger partial charge on any atom is -0.341 e. The van der Waals surface area contributed by atoms with Gasteiger partial charge in [-0.05, 0) is 19.3 Å². The van der Waals surface area contributed by atoms with Crippen molar-refractivity contribution in [2.75, 3.05) is 13.1 Å². The molecule has 1 N–H and O–H groups in total. The zero-order valence-corrected chi connectivity index (χ0v) is 11.3. The molecular weight excluding hydrogens is 224 g/mol. The molecule has 0 aromatic heterocycles. The van der Waals surface area contributed by atoms with Crippen LogP contribution in [0.3, 0.4) is 0 Å². The van der Waals surface area contributed by atoms with Crippen molar-refractivity contribution in [3.8, 4) is 0 Å². The van der Waals surface area contributed by atoms with Crippen molar-refractivity contribution in [2.45, 2.75) is 52.1 Å². The van der Waals surface area contributed by atoms with Crippen molar-refractivity contribution in [3.05, 3.63) is 0 Å². The van der Waals surface area contributed by atoms with Gasteiger partial charge >= 0.3 is 0 Å². The summed E-state index contributed by atoms with van der Waals surface area (Å²) in [4.78, 5) is 14.2. The Balaban J connectivity index is 0.00000128. The second kappa shape index (κ2) is 4.92. The molecule has 2 atom stereocenters. The van der Waals surface area contributed by atoms with Gasteiger partial charge in [-0.3, -0.25) is 4.79 Å². The minimum atomic E-state index is -0.233. The third-order valence-electron chi connectivity index (χ3n) is 3.45. The van der Waals surface area contributed by atoms with Crippen LogP contribution in [-0.4, -0.2) is 36.0 Å². The lowest BCUT2D eigenvalue weighted by Crippen LogP contribution is -2.44. The molecule has 0 spiro atoms. The van der Waals surface area contributed by atoms with E-state index in [0.29, 0.717) is 18.0 Å². The predicted molar refractivity (Wildman–Crippen MR) is 67.8 cm³/mol.